The Morgan fingerprint density at radius 1 is 0.667 bits per heavy atom. The Labute approximate surface area is 637 Å². The van der Waals surface area contributed by atoms with Crippen LogP contribution in [0.2, 0.25) is 0 Å². The Hall–Kier alpha value is -2.91. The lowest BCUT2D eigenvalue weighted by atomic mass is 9.77. The lowest BCUT2D eigenvalue weighted by Crippen LogP contribution is -2.66. The summed E-state index contributed by atoms with van der Waals surface area (Å²) in [6.45, 7) is 14.8. The number of epoxide rings is 1. The van der Waals surface area contributed by atoms with Crippen molar-refractivity contribution in [2.75, 3.05) is 13.7 Å². The van der Waals surface area contributed by atoms with Gasteiger partial charge in [-0.25, -0.2) is 4.79 Å². The molecule has 26 unspecified atom stereocenters. The van der Waals surface area contributed by atoms with Crippen molar-refractivity contribution in [1.82, 2.24) is 0 Å². The number of aliphatic hydroxyl groups is 18. The molecule has 0 aromatic carbocycles. The summed E-state index contributed by atoms with van der Waals surface area (Å²) < 4.78 is 53.9. The molecule has 5 heterocycles. The summed E-state index contributed by atoms with van der Waals surface area (Å²) in [5.41, 5.74) is 0. The van der Waals surface area contributed by atoms with Crippen molar-refractivity contribution in [1.29, 1.82) is 0 Å². The Morgan fingerprint density at radius 3 is 1.95 bits per heavy atom. The number of methoxy groups -OCH3 is 1. The fourth-order valence-electron chi connectivity index (χ4n) is 15.8. The van der Waals surface area contributed by atoms with Crippen molar-refractivity contribution in [3.05, 3.63) is 24.3 Å². The van der Waals surface area contributed by atoms with Gasteiger partial charge in [0, 0.05) is 62.0 Å². The van der Waals surface area contributed by atoms with Crippen molar-refractivity contribution in [2.24, 2.45) is 35.5 Å². The molecule has 108 heavy (non-hydrogen) atoms. The van der Waals surface area contributed by atoms with Crippen LogP contribution in [0.5, 0.6) is 0 Å². The minimum Gasteiger partial charge on any atom is -0.459 e. The zero-order chi connectivity index (χ0) is 80.4. The molecule has 30 nitrogen and oxygen atoms in total. The van der Waals surface area contributed by atoms with Crippen molar-refractivity contribution >= 4 is 17.7 Å². The molecule has 30 heteroatoms. The lowest BCUT2D eigenvalue weighted by molar-refractivity contribution is -0.328. The first kappa shape index (κ1) is 95.7. The third-order valence-corrected chi connectivity index (χ3v) is 22.9. The van der Waals surface area contributed by atoms with Gasteiger partial charge in [-0.3, -0.25) is 9.59 Å². The van der Waals surface area contributed by atoms with Crippen LogP contribution in [0.3, 0.4) is 0 Å². The van der Waals surface area contributed by atoms with Gasteiger partial charge < -0.3 is 135 Å². The SMILES string of the molecule is CCCCCCCCC/C=C/C(O)CC(O)CC(=O)O[C@@H]1C[C@H](OC(CC)C(C)C(O)C(C)C(O)C(C)C2OC(=O)/C=C/C(C)C(O)CC(O)CCCC(O)CCC(C)C(O[C@H]3O[C@H](CO)[C@@H](O)[C@H](O)[C@@H]3O)C(=O)C3(O)OC(CC(O)CC(O)CC(O)CCCC(O)C4OC4C2C)CC(O)C3O)O[C@H](C)[C@H]1OC. The number of allylic oxidation sites excluding steroid dienone is 1. The summed E-state index contributed by atoms with van der Waals surface area (Å²) in [5.74, 6) is -11.2. The zero-order valence-corrected chi connectivity index (χ0v) is 65.3. The minimum atomic E-state index is -3.27. The van der Waals surface area contributed by atoms with Crippen molar-refractivity contribution in [3.8, 4) is 0 Å². The number of cyclic esters (lactones) is 1. The van der Waals surface area contributed by atoms with Gasteiger partial charge in [0.1, 0.15) is 61.0 Å². The summed E-state index contributed by atoms with van der Waals surface area (Å²) in [6, 6.07) is 0. The van der Waals surface area contributed by atoms with Crippen LogP contribution < -0.4 is 0 Å². The van der Waals surface area contributed by atoms with Gasteiger partial charge in [-0.2, -0.15) is 0 Å². The van der Waals surface area contributed by atoms with Gasteiger partial charge in [-0.15, -0.1) is 0 Å². The fourth-order valence-corrected chi connectivity index (χ4v) is 15.8. The van der Waals surface area contributed by atoms with E-state index < -0.39 is 250 Å². The van der Waals surface area contributed by atoms with Crippen molar-refractivity contribution in [2.45, 2.75) is 400 Å². The number of hydrogen-bond acceptors (Lipinski definition) is 30. The van der Waals surface area contributed by atoms with E-state index in [9.17, 15) is 106 Å². The molecule has 5 rings (SSSR count). The first-order valence-corrected chi connectivity index (χ1v) is 40.0. The first-order chi connectivity index (χ1) is 51.0. The maximum absolute atomic E-state index is 14.6. The molecule has 0 aromatic heterocycles. The second-order valence-corrected chi connectivity index (χ2v) is 32.0. The molecule has 0 aliphatic carbocycles. The summed E-state index contributed by atoms with van der Waals surface area (Å²) >= 11 is 0. The predicted molar refractivity (Wildman–Crippen MR) is 390 cm³/mol. The Balaban J connectivity index is 1.27. The molecule has 18 N–H and O–H groups in total. The van der Waals surface area contributed by atoms with E-state index in [0.29, 0.717) is 6.42 Å². The van der Waals surface area contributed by atoms with E-state index >= 15 is 0 Å². The Kier molecular flexibility index (Phi) is 41.8. The summed E-state index contributed by atoms with van der Waals surface area (Å²) in [7, 11) is 1.46. The van der Waals surface area contributed by atoms with Crippen LogP contribution >= 0.6 is 0 Å². The highest BCUT2D eigenvalue weighted by Crippen LogP contribution is 2.42. The average Bonchev–Trinajstić information content (AvgIpc) is 0.865. The molecule has 5 aliphatic heterocycles. The number of unbranched alkanes of at least 4 members (excludes halogenated alkanes) is 7. The van der Waals surface area contributed by atoms with Gasteiger partial charge in [-0.1, -0.05) is 112 Å². The van der Waals surface area contributed by atoms with E-state index in [4.69, 9.17) is 42.6 Å². The number of ketones is 1. The number of aliphatic hydroxyl groups excluding tert-OH is 17. The van der Waals surface area contributed by atoms with Gasteiger partial charge in [-0.05, 0) is 109 Å². The second kappa shape index (κ2) is 47.2. The second-order valence-electron chi connectivity index (χ2n) is 32.0. The van der Waals surface area contributed by atoms with Crippen LogP contribution in [0.1, 0.15) is 223 Å². The molecular formula is C78H138O30. The molecule has 0 radical (unpaired) electrons. The molecule has 0 spiro atoms. The van der Waals surface area contributed by atoms with Crippen LogP contribution in [-0.4, -0.2) is 300 Å². The van der Waals surface area contributed by atoms with Crippen LogP contribution in [0, 0.1) is 35.5 Å². The number of hydrogen-bond donors (Lipinski definition) is 18. The summed E-state index contributed by atoms with van der Waals surface area (Å²) in [5, 5.41) is 200. The third kappa shape index (κ3) is 29.4. The lowest BCUT2D eigenvalue weighted by Gasteiger charge is -2.46. The average molecular weight is 1560 g/mol. The Bertz CT molecular complexity index is 2610. The first-order valence-electron chi connectivity index (χ1n) is 40.0. The summed E-state index contributed by atoms with van der Waals surface area (Å²) in [4.78, 5) is 41.9. The normalized spacial score (nSPS) is 40.2. The molecule has 0 aromatic rings. The zero-order valence-electron chi connectivity index (χ0n) is 65.3. The molecule has 630 valence electrons. The largest absolute Gasteiger partial charge is 0.459 e. The van der Waals surface area contributed by atoms with Crippen molar-refractivity contribution < 1.29 is 149 Å². The number of esters is 2. The van der Waals surface area contributed by atoms with E-state index in [1.54, 1.807) is 47.6 Å². The van der Waals surface area contributed by atoms with Crippen molar-refractivity contribution in [3.63, 3.8) is 0 Å². The minimum absolute atomic E-state index is 0.0378. The van der Waals surface area contributed by atoms with Crippen LogP contribution in [0.15, 0.2) is 24.3 Å². The molecule has 35 atom stereocenters. The van der Waals surface area contributed by atoms with Gasteiger partial charge >= 0.3 is 11.9 Å². The van der Waals surface area contributed by atoms with Crippen LogP contribution in [0.25, 0.3) is 0 Å². The smallest absolute Gasteiger partial charge is 0.330 e. The maximum Gasteiger partial charge on any atom is 0.330 e. The van der Waals surface area contributed by atoms with Gasteiger partial charge in [0.05, 0.1) is 111 Å². The van der Waals surface area contributed by atoms with E-state index in [0.717, 1.165) is 25.3 Å². The molecule has 5 aliphatic rings. The molecular weight excluding hydrogens is 1420 g/mol. The van der Waals surface area contributed by atoms with E-state index in [-0.39, 0.29) is 89.9 Å². The number of carbonyl (C=O) groups is 3. The monoisotopic (exact) mass is 1550 g/mol. The molecule has 4 fully saturated rings. The molecule has 0 amide bonds. The number of ether oxygens (including phenoxy) is 9. The van der Waals surface area contributed by atoms with E-state index in [1.807, 2.05) is 13.0 Å². The molecule has 4 saturated heterocycles. The van der Waals surface area contributed by atoms with Crippen LogP contribution in [0.4, 0.5) is 0 Å². The highest BCUT2D eigenvalue weighted by atomic mass is 16.7. The summed E-state index contributed by atoms with van der Waals surface area (Å²) in [6.07, 6.45) is -22.1. The van der Waals surface area contributed by atoms with Gasteiger partial charge in [0.15, 0.2) is 12.6 Å². The highest BCUT2D eigenvalue weighted by molar-refractivity contribution is 5.91. The predicted octanol–water partition coefficient (Wildman–Crippen LogP) is 1.99. The topological polar surface area (TPSA) is 502 Å². The van der Waals surface area contributed by atoms with Crippen LogP contribution in [-0.2, 0) is 57.0 Å². The van der Waals surface area contributed by atoms with E-state index in [1.165, 1.54) is 52.2 Å². The third-order valence-electron chi connectivity index (χ3n) is 22.9. The molecule has 0 saturated carbocycles. The number of rotatable bonds is 27. The molecule has 2 bridgehead atoms. The Morgan fingerprint density at radius 2 is 1.30 bits per heavy atom. The number of carbonyl (C=O) groups excluding carboxylic acids is 3. The fraction of sp³-hybridized carbons (Fsp3) is 0.910. The van der Waals surface area contributed by atoms with Gasteiger partial charge in [0.25, 0.3) is 5.79 Å². The van der Waals surface area contributed by atoms with Gasteiger partial charge in [0.2, 0.25) is 5.78 Å². The number of Topliss-reactive ketones (excluding diaryl/α,β-unsaturated/α-hetero) is 1. The van der Waals surface area contributed by atoms with E-state index in [2.05, 4.69) is 6.92 Å². The quantitative estimate of drug-likeness (QED) is 0.0242. The standard InChI is InChI=1S/C78H138O30/c1-11-13-14-15-16-17-18-19-20-23-49(81)33-54(86)37-63(91)102-60-39-64(101-47(9)73(60)100-10)103-59(12-2)43(5)65(92)44(6)66(93)45(7)71-46(8)72-74(106-72)56(87)27-22-26-50(82)32-52(84)34-53(85)35-55-38-58(89)75(97)78(99,108-55)76(98)70(107-77-69(96)68(95)67(94)61(40-79)104-77)42(4)28-30-48(80)24-21-25-51(83)36-57(88)41(3)29-31-62(90)105-71/h20,23,29,31,41-61,64-75,77,79-89,92-97,99H,11-19,21-22,24-28,30,32-40H2,1-10H3/b23-20+,31-29+/t41?,42?,43?,44?,45?,46?,47-,48?,49?,50?,51?,52?,53?,54?,55?,56?,57?,58?,59?,60-,61-,64+,65?,66?,67-,68+,69+,70?,71?,72?,73-,74?,75?,77-,78?/m1/s1. The maximum atomic E-state index is 14.6. The highest BCUT2D eigenvalue weighted by Gasteiger charge is 2.58. The number of fused-ring (bicyclic) bond motifs is 3.